The fourth-order valence-electron chi connectivity index (χ4n) is 1.85. The molecule has 1 aromatic heterocycles. The molecule has 0 atom stereocenters. The van der Waals surface area contributed by atoms with Crippen LogP contribution in [0.1, 0.15) is 11.5 Å². The third kappa shape index (κ3) is 2.63. The molecule has 4 heteroatoms. The van der Waals surface area contributed by atoms with Crippen molar-refractivity contribution in [1.82, 2.24) is 4.98 Å². The third-order valence-corrected chi connectivity index (χ3v) is 3.09. The summed E-state index contributed by atoms with van der Waals surface area (Å²) in [7, 11) is 0. The molecule has 0 fully saturated rings. The maximum atomic E-state index is 11.8. The predicted octanol–water partition coefficient (Wildman–Crippen LogP) is 4.01. The lowest BCUT2D eigenvalue weighted by Crippen LogP contribution is -2.02. The van der Waals surface area contributed by atoms with Crippen molar-refractivity contribution < 1.29 is 4.42 Å². The summed E-state index contributed by atoms with van der Waals surface area (Å²) in [5.41, 5.74) is 1.19. The molecular weight excluding hydrogens is 274 g/mol. The SMILES string of the molecule is O=c1oc(/C=C/c2ccc(Cl)cc2)nc2ccccc12. The van der Waals surface area contributed by atoms with Gasteiger partial charge in [0.05, 0.1) is 10.9 Å². The van der Waals surface area contributed by atoms with Gasteiger partial charge in [-0.3, -0.25) is 0 Å². The highest BCUT2D eigenvalue weighted by atomic mass is 35.5. The van der Waals surface area contributed by atoms with Gasteiger partial charge in [0, 0.05) is 11.1 Å². The van der Waals surface area contributed by atoms with E-state index in [9.17, 15) is 4.79 Å². The molecule has 0 radical (unpaired) electrons. The molecule has 0 aliphatic heterocycles. The Morgan fingerprint density at radius 2 is 1.75 bits per heavy atom. The Kier molecular flexibility index (Phi) is 3.35. The molecule has 0 saturated carbocycles. The Labute approximate surface area is 120 Å². The van der Waals surface area contributed by atoms with Crippen LogP contribution in [0.5, 0.6) is 0 Å². The molecule has 3 nitrogen and oxygen atoms in total. The minimum atomic E-state index is -0.383. The molecule has 0 unspecified atom stereocenters. The number of halogens is 1. The number of aromatic nitrogens is 1. The van der Waals surface area contributed by atoms with Gasteiger partial charge in [0.15, 0.2) is 0 Å². The maximum Gasteiger partial charge on any atom is 0.347 e. The smallest absolute Gasteiger partial charge is 0.347 e. The molecule has 0 bridgehead atoms. The Morgan fingerprint density at radius 3 is 2.55 bits per heavy atom. The maximum absolute atomic E-state index is 11.8. The molecular formula is C16H10ClNO2. The van der Waals surface area contributed by atoms with E-state index >= 15 is 0 Å². The van der Waals surface area contributed by atoms with E-state index in [2.05, 4.69) is 4.98 Å². The lowest BCUT2D eigenvalue weighted by atomic mass is 10.2. The van der Waals surface area contributed by atoms with Crippen LogP contribution in [0.4, 0.5) is 0 Å². The average Bonchev–Trinajstić information content (AvgIpc) is 2.47. The van der Waals surface area contributed by atoms with E-state index in [-0.39, 0.29) is 11.5 Å². The second kappa shape index (κ2) is 5.31. The van der Waals surface area contributed by atoms with Crippen molar-refractivity contribution in [3.63, 3.8) is 0 Å². The molecule has 0 N–H and O–H groups in total. The quantitative estimate of drug-likeness (QED) is 0.713. The topological polar surface area (TPSA) is 43.1 Å². The number of nitrogens with zero attached hydrogens (tertiary/aromatic N) is 1. The number of hydrogen-bond donors (Lipinski definition) is 0. The van der Waals surface area contributed by atoms with Crippen molar-refractivity contribution in [3.05, 3.63) is 75.4 Å². The van der Waals surface area contributed by atoms with Crippen LogP contribution in [0.3, 0.4) is 0 Å². The monoisotopic (exact) mass is 283 g/mol. The first kappa shape index (κ1) is 12.6. The van der Waals surface area contributed by atoms with Crippen LogP contribution in [0.15, 0.2) is 57.7 Å². The van der Waals surface area contributed by atoms with E-state index in [1.54, 1.807) is 36.4 Å². The zero-order valence-electron chi connectivity index (χ0n) is 10.4. The van der Waals surface area contributed by atoms with E-state index in [0.717, 1.165) is 5.56 Å². The highest BCUT2D eigenvalue weighted by molar-refractivity contribution is 6.30. The molecule has 98 valence electrons. The molecule has 3 rings (SSSR count). The van der Waals surface area contributed by atoms with Crippen LogP contribution in [-0.4, -0.2) is 4.98 Å². The number of hydrogen-bond acceptors (Lipinski definition) is 3. The van der Waals surface area contributed by atoms with Gasteiger partial charge in [0.25, 0.3) is 0 Å². The molecule has 0 aliphatic carbocycles. The minimum absolute atomic E-state index is 0.281. The van der Waals surface area contributed by atoms with Gasteiger partial charge in [0.2, 0.25) is 5.89 Å². The second-order valence-electron chi connectivity index (χ2n) is 4.24. The van der Waals surface area contributed by atoms with E-state index in [1.165, 1.54) is 0 Å². The summed E-state index contributed by atoms with van der Waals surface area (Å²) in [6, 6.07) is 14.4. The Hall–Kier alpha value is -2.39. The first-order valence-electron chi connectivity index (χ1n) is 6.06. The van der Waals surface area contributed by atoms with Crippen LogP contribution in [0.2, 0.25) is 5.02 Å². The largest absolute Gasteiger partial charge is 0.404 e. The van der Waals surface area contributed by atoms with Gasteiger partial charge in [0.1, 0.15) is 0 Å². The predicted molar refractivity (Wildman–Crippen MR) is 80.7 cm³/mol. The summed E-state index contributed by atoms with van der Waals surface area (Å²) < 4.78 is 5.16. The number of benzene rings is 2. The molecule has 2 aromatic carbocycles. The Morgan fingerprint density at radius 1 is 1.00 bits per heavy atom. The lowest BCUT2D eigenvalue weighted by Gasteiger charge is -1.97. The van der Waals surface area contributed by atoms with Gasteiger partial charge in [-0.25, -0.2) is 9.78 Å². The van der Waals surface area contributed by atoms with Gasteiger partial charge < -0.3 is 4.42 Å². The summed E-state index contributed by atoms with van der Waals surface area (Å²) in [6.45, 7) is 0. The first-order valence-corrected chi connectivity index (χ1v) is 6.44. The number of para-hydroxylation sites is 1. The van der Waals surface area contributed by atoms with E-state index in [4.69, 9.17) is 16.0 Å². The van der Waals surface area contributed by atoms with Gasteiger partial charge >= 0.3 is 5.63 Å². The van der Waals surface area contributed by atoms with Crippen LogP contribution in [-0.2, 0) is 0 Å². The van der Waals surface area contributed by atoms with Crippen molar-refractivity contribution in [1.29, 1.82) is 0 Å². The van der Waals surface area contributed by atoms with Crippen LogP contribution < -0.4 is 5.63 Å². The highest BCUT2D eigenvalue weighted by Gasteiger charge is 2.02. The first-order chi connectivity index (χ1) is 9.72. The molecule has 3 aromatic rings. The third-order valence-electron chi connectivity index (χ3n) is 2.84. The van der Waals surface area contributed by atoms with Crippen molar-refractivity contribution in [2.45, 2.75) is 0 Å². The molecule has 20 heavy (non-hydrogen) atoms. The summed E-state index contributed by atoms with van der Waals surface area (Å²) in [4.78, 5) is 16.1. The van der Waals surface area contributed by atoms with Crippen molar-refractivity contribution in [2.75, 3.05) is 0 Å². The Balaban J connectivity index is 1.98. The van der Waals surface area contributed by atoms with Crippen molar-refractivity contribution in [3.8, 4) is 0 Å². The summed E-state index contributed by atoms with van der Waals surface area (Å²) in [6.07, 6.45) is 3.48. The number of fused-ring (bicyclic) bond motifs is 1. The normalized spacial score (nSPS) is 11.2. The average molecular weight is 284 g/mol. The summed E-state index contributed by atoms with van der Waals surface area (Å²) in [5.74, 6) is 0.281. The van der Waals surface area contributed by atoms with E-state index in [1.807, 2.05) is 24.3 Å². The summed E-state index contributed by atoms with van der Waals surface area (Å²) in [5, 5.41) is 1.16. The van der Waals surface area contributed by atoms with Crippen molar-refractivity contribution in [2.24, 2.45) is 0 Å². The van der Waals surface area contributed by atoms with Crippen LogP contribution in [0.25, 0.3) is 23.1 Å². The fraction of sp³-hybridized carbons (Fsp3) is 0. The summed E-state index contributed by atoms with van der Waals surface area (Å²) >= 11 is 5.82. The molecule has 0 aliphatic rings. The highest BCUT2D eigenvalue weighted by Crippen LogP contribution is 2.13. The molecule has 1 heterocycles. The lowest BCUT2D eigenvalue weighted by molar-refractivity contribution is 0.491. The second-order valence-corrected chi connectivity index (χ2v) is 4.68. The molecule has 0 saturated heterocycles. The van der Waals surface area contributed by atoms with Crippen LogP contribution >= 0.6 is 11.6 Å². The zero-order valence-corrected chi connectivity index (χ0v) is 11.2. The van der Waals surface area contributed by atoms with Crippen LogP contribution in [0, 0.1) is 0 Å². The van der Waals surface area contributed by atoms with E-state index in [0.29, 0.717) is 15.9 Å². The Bertz CT molecular complexity index is 835. The zero-order chi connectivity index (χ0) is 13.9. The molecule has 0 amide bonds. The van der Waals surface area contributed by atoms with Gasteiger partial charge in [-0.1, -0.05) is 35.9 Å². The minimum Gasteiger partial charge on any atom is -0.404 e. The molecule has 0 spiro atoms. The van der Waals surface area contributed by atoms with Crippen molar-refractivity contribution >= 4 is 34.7 Å². The van der Waals surface area contributed by atoms with Gasteiger partial charge in [-0.15, -0.1) is 0 Å². The number of rotatable bonds is 2. The van der Waals surface area contributed by atoms with Gasteiger partial charge in [-0.05, 0) is 35.9 Å². The fourth-order valence-corrected chi connectivity index (χ4v) is 1.97. The standard InChI is InChI=1S/C16H10ClNO2/c17-12-8-5-11(6-9-12)7-10-15-18-14-4-2-1-3-13(14)16(19)20-15/h1-10H/b10-7+. The van der Waals surface area contributed by atoms with Gasteiger partial charge in [-0.2, -0.15) is 0 Å². The van der Waals surface area contributed by atoms with E-state index < -0.39 is 0 Å².